The van der Waals surface area contributed by atoms with Gasteiger partial charge in [0.2, 0.25) is 0 Å². The first-order chi connectivity index (χ1) is 12.6. The van der Waals surface area contributed by atoms with E-state index in [0.717, 1.165) is 11.3 Å². The van der Waals surface area contributed by atoms with Crippen LogP contribution in [0.5, 0.6) is 11.5 Å². The maximum Gasteiger partial charge on any atom is 0.193 e. The lowest BCUT2D eigenvalue weighted by atomic mass is 10.2. The number of rotatable bonds is 5. The summed E-state index contributed by atoms with van der Waals surface area (Å²) < 4.78 is 19.7. The quantitative estimate of drug-likeness (QED) is 0.533. The summed E-state index contributed by atoms with van der Waals surface area (Å²) >= 11 is 0. The van der Waals surface area contributed by atoms with Crippen LogP contribution in [0.2, 0.25) is 0 Å². The van der Waals surface area contributed by atoms with E-state index in [9.17, 15) is 4.39 Å². The topological polar surface area (TPSA) is 72.5 Å². The van der Waals surface area contributed by atoms with Gasteiger partial charge >= 0.3 is 0 Å². The van der Waals surface area contributed by atoms with Gasteiger partial charge in [-0.05, 0) is 54.4 Å². The number of aliphatic imine (C=N–C) groups is 1. The van der Waals surface area contributed by atoms with Crippen LogP contribution in [0.15, 0.2) is 72.0 Å². The normalized spacial score (nSPS) is 11.2. The standard InChI is InChI=1S/C20H19FN4O/c1-14-4-2-5-16(10-14)25-20(22)24-12-15-7-8-19(18(21)11-15)26-17-6-3-9-23-13-17/h2-11,13H,12H2,1H3,(H3,22,24,25). The van der Waals surface area contributed by atoms with Crippen molar-refractivity contribution in [3.05, 3.63) is 83.9 Å². The molecular formula is C20H19FN4O. The molecule has 0 unspecified atom stereocenters. The number of nitrogens with two attached hydrogens (primary N) is 1. The van der Waals surface area contributed by atoms with E-state index in [2.05, 4.69) is 15.3 Å². The maximum absolute atomic E-state index is 14.2. The Morgan fingerprint density at radius 2 is 2.08 bits per heavy atom. The molecule has 0 atom stereocenters. The summed E-state index contributed by atoms with van der Waals surface area (Å²) in [5.74, 6) is 0.416. The van der Waals surface area contributed by atoms with Crippen LogP contribution in [-0.4, -0.2) is 10.9 Å². The SMILES string of the molecule is Cc1cccc(NC(N)=NCc2ccc(Oc3cccnc3)c(F)c2)c1. The van der Waals surface area contributed by atoms with Crippen molar-refractivity contribution in [1.29, 1.82) is 0 Å². The minimum Gasteiger partial charge on any atom is -0.453 e. The molecular weight excluding hydrogens is 331 g/mol. The molecule has 3 rings (SSSR count). The van der Waals surface area contributed by atoms with Crippen molar-refractivity contribution in [2.45, 2.75) is 13.5 Å². The number of pyridine rings is 1. The lowest BCUT2D eigenvalue weighted by Gasteiger charge is -2.08. The van der Waals surface area contributed by atoms with E-state index in [-0.39, 0.29) is 18.3 Å². The molecule has 2 aromatic carbocycles. The molecule has 5 nitrogen and oxygen atoms in total. The Kier molecular flexibility index (Phi) is 5.43. The van der Waals surface area contributed by atoms with Crippen molar-refractivity contribution in [3.8, 4) is 11.5 Å². The third-order valence-electron chi connectivity index (χ3n) is 3.58. The van der Waals surface area contributed by atoms with Crippen molar-refractivity contribution in [1.82, 2.24) is 4.98 Å². The molecule has 0 aliphatic heterocycles. The van der Waals surface area contributed by atoms with Crippen LogP contribution >= 0.6 is 0 Å². The zero-order valence-corrected chi connectivity index (χ0v) is 14.3. The van der Waals surface area contributed by atoms with E-state index >= 15 is 0 Å². The van der Waals surface area contributed by atoms with Gasteiger partial charge in [-0.15, -0.1) is 0 Å². The smallest absolute Gasteiger partial charge is 0.193 e. The van der Waals surface area contributed by atoms with Gasteiger partial charge in [0.1, 0.15) is 5.75 Å². The lowest BCUT2D eigenvalue weighted by Crippen LogP contribution is -2.22. The Labute approximate surface area is 151 Å². The average molecular weight is 350 g/mol. The number of halogens is 1. The third-order valence-corrected chi connectivity index (χ3v) is 3.58. The second-order valence-electron chi connectivity index (χ2n) is 5.75. The summed E-state index contributed by atoms with van der Waals surface area (Å²) in [6, 6.07) is 15.9. The number of aromatic nitrogens is 1. The Hall–Kier alpha value is -3.41. The molecule has 26 heavy (non-hydrogen) atoms. The first kappa shape index (κ1) is 17.4. The number of ether oxygens (including phenoxy) is 1. The monoisotopic (exact) mass is 350 g/mol. The van der Waals surface area contributed by atoms with Crippen LogP contribution in [0, 0.1) is 12.7 Å². The zero-order chi connectivity index (χ0) is 18.4. The van der Waals surface area contributed by atoms with Gasteiger partial charge in [0, 0.05) is 11.9 Å². The third kappa shape index (κ3) is 4.80. The van der Waals surface area contributed by atoms with Crippen LogP contribution < -0.4 is 15.8 Å². The molecule has 0 bridgehead atoms. The molecule has 1 heterocycles. The number of hydrogen-bond donors (Lipinski definition) is 2. The molecule has 0 aliphatic rings. The number of benzene rings is 2. The molecule has 132 valence electrons. The van der Waals surface area contributed by atoms with Crippen LogP contribution in [0.4, 0.5) is 10.1 Å². The van der Waals surface area contributed by atoms with Crippen LogP contribution in [0.1, 0.15) is 11.1 Å². The van der Waals surface area contributed by atoms with Gasteiger partial charge in [0.15, 0.2) is 17.5 Å². The molecule has 0 radical (unpaired) electrons. The predicted molar refractivity (Wildman–Crippen MR) is 101 cm³/mol. The Balaban J connectivity index is 1.64. The van der Waals surface area contributed by atoms with Crippen molar-refractivity contribution in [2.75, 3.05) is 5.32 Å². The van der Waals surface area contributed by atoms with Crippen LogP contribution in [-0.2, 0) is 6.54 Å². The molecule has 0 saturated carbocycles. The number of nitrogens with one attached hydrogen (secondary N) is 1. The van der Waals surface area contributed by atoms with Gasteiger partial charge in [-0.3, -0.25) is 4.98 Å². The van der Waals surface area contributed by atoms with Crippen LogP contribution in [0.25, 0.3) is 0 Å². The molecule has 6 heteroatoms. The van der Waals surface area contributed by atoms with Crippen molar-refractivity contribution >= 4 is 11.6 Å². The fourth-order valence-electron chi connectivity index (χ4n) is 2.35. The largest absolute Gasteiger partial charge is 0.453 e. The number of nitrogens with zero attached hydrogens (tertiary/aromatic N) is 2. The van der Waals surface area contributed by atoms with Crippen molar-refractivity contribution in [2.24, 2.45) is 10.7 Å². The first-order valence-electron chi connectivity index (χ1n) is 8.10. The minimum absolute atomic E-state index is 0.136. The van der Waals surface area contributed by atoms with E-state index in [1.807, 2.05) is 31.2 Å². The maximum atomic E-state index is 14.2. The predicted octanol–water partition coefficient (Wildman–Crippen LogP) is 4.25. The van der Waals surface area contributed by atoms with E-state index < -0.39 is 5.82 Å². The van der Waals surface area contributed by atoms with E-state index in [4.69, 9.17) is 10.5 Å². The van der Waals surface area contributed by atoms with Gasteiger partial charge in [-0.1, -0.05) is 18.2 Å². The second-order valence-corrected chi connectivity index (χ2v) is 5.75. The van der Waals surface area contributed by atoms with E-state index in [0.29, 0.717) is 11.3 Å². The fourth-order valence-corrected chi connectivity index (χ4v) is 2.35. The van der Waals surface area contributed by atoms with Crippen molar-refractivity contribution in [3.63, 3.8) is 0 Å². The highest BCUT2D eigenvalue weighted by atomic mass is 19.1. The minimum atomic E-state index is -0.466. The van der Waals surface area contributed by atoms with Crippen LogP contribution in [0.3, 0.4) is 0 Å². The number of aryl methyl sites for hydroxylation is 1. The fraction of sp³-hybridized carbons (Fsp3) is 0.100. The molecule has 0 fully saturated rings. The summed E-state index contributed by atoms with van der Waals surface area (Å²) in [5.41, 5.74) is 8.56. The molecule has 0 spiro atoms. The summed E-state index contributed by atoms with van der Waals surface area (Å²) in [6.45, 7) is 2.26. The Morgan fingerprint density at radius 3 is 2.81 bits per heavy atom. The van der Waals surface area contributed by atoms with Gasteiger partial charge in [-0.2, -0.15) is 0 Å². The summed E-state index contributed by atoms with van der Waals surface area (Å²) in [6.07, 6.45) is 3.15. The highest BCUT2D eigenvalue weighted by Crippen LogP contribution is 2.24. The molecule has 0 amide bonds. The number of guanidine groups is 1. The molecule has 3 aromatic rings. The average Bonchev–Trinajstić information content (AvgIpc) is 2.63. The first-order valence-corrected chi connectivity index (χ1v) is 8.10. The molecule has 1 aromatic heterocycles. The highest BCUT2D eigenvalue weighted by Gasteiger charge is 2.06. The van der Waals surface area contributed by atoms with Crippen molar-refractivity contribution < 1.29 is 9.13 Å². The zero-order valence-electron chi connectivity index (χ0n) is 14.3. The van der Waals surface area contributed by atoms with Gasteiger partial charge in [0.05, 0.1) is 12.7 Å². The van der Waals surface area contributed by atoms with E-state index in [1.165, 1.54) is 12.3 Å². The summed E-state index contributed by atoms with van der Waals surface area (Å²) in [4.78, 5) is 8.17. The molecule has 3 N–H and O–H groups in total. The van der Waals surface area contributed by atoms with Gasteiger partial charge in [0.25, 0.3) is 0 Å². The highest BCUT2D eigenvalue weighted by molar-refractivity contribution is 5.92. The Bertz CT molecular complexity index is 913. The molecule has 0 saturated heterocycles. The second kappa shape index (κ2) is 8.11. The van der Waals surface area contributed by atoms with Gasteiger partial charge in [-0.25, -0.2) is 9.38 Å². The summed E-state index contributed by atoms with van der Waals surface area (Å²) in [7, 11) is 0. The van der Waals surface area contributed by atoms with E-state index in [1.54, 1.807) is 30.5 Å². The summed E-state index contributed by atoms with van der Waals surface area (Å²) in [5, 5.41) is 3.01. The Morgan fingerprint density at radius 1 is 1.19 bits per heavy atom. The molecule has 0 aliphatic carbocycles. The number of anilines is 1. The number of hydrogen-bond acceptors (Lipinski definition) is 3. The lowest BCUT2D eigenvalue weighted by molar-refractivity contribution is 0.440. The van der Waals surface area contributed by atoms with Gasteiger partial charge < -0.3 is 15.8 Å².